The molecule has 0 saturated heterocycles. The molecule has 1 aromatic heterocycles. The molecule has 3 N–H and O–H groups in total. The van der Waals surface area contributed by atoms with Gasteiger partial charge in [-0.05, 0) is 0 Å². The van der Waals surface area contributed by atoms with E-state index in [1.165, 1.54) is 17.9 Å². The molecule has 0 bridgehead atoms. The van der Waals surface area contributed by atoms with Gasteiger partial charge < -0.3 is 10.2 Å². The molecule has 1 unspecified atom stereocenters. The molecule has 100 valence electrons. The number of aliphatic carboxylic acids is 2. The lowest BCUT2D eigenvalue weighted by Crippen LogP contribution is -2.42. The first-order chi connectivity index (χ1) is 8.22. The Morgan fingerprint density at radius 3 is 2.50 bits per heavy atom. The molecule has 18 heavy (non-hydrogen) atoms. The summed E-state index contributed by atoms with van der Waals surface area (Å²) in [5.74, 6) is -2.99. The topological polar surface area (TPSA) is 139 Å². The van der Waals surface area contributed by atoms with Crippen molar-refractivity contribution in [2.75, 3.05) is 0 Å². The number of nitrogens with zero attached hydrogens (tertiary/aromatic N) is 2. The van der Waals surface area contributed by atoms with Crippen molar-refractivity contribution < 1.29 is 28.2 Å². The molecule has 0 aromatic carbocycles. The summed E-state index contributed by atoms with van der Waals surface area (Å²) in [5.41, 5.74) is 0. The number of rotatable bonds is 6. The van der Waals surface area contributed by atoms with Crippen molar-refractivity contribution in [1.82, 2.24) is 14.5 Å². The zero-order chi connectivity index (χ0) is 13.9. The van der Waals surface area contributed by atoms with Gasteiger partial charge in [0, 0.05) is 13.2 Å². The SMILES string of the molecule is Cn1cc(S(=O)(=O)NC(CC(=O)O)C(=O)O)cn1. The minimum Gasteiger partial charge on any atom is -0.481 e. The molecule has 1 heterocycles. The van der Waals surface area contributed by atoms with E-state index in [1.807, 2.05) is 0 Å². The lowest BCUT2D eigenvalue weighted by Gasteiger charge is -2.11. The fourth-order valence-electron chi connectivity index (χ4n) is 1.15. The first-order valence-corrected chi connectivity index (χ1v) is 6.16. The molecule has 10 heteroatoms. The molecule has 0 spiro atoms. The van der Waals surface area contributed by atoms with E-state index in [2.05, 4.69) is 5.10 Å². The van der Waals surface area contributed by atoms with Crippen LogP contribution in [0.4, 0.5) is 0 Å². The molecule has 9 nitrogen and oxygen atoms in total. The van der Waals surface area contributed by atoms with Crippen LogP contribution in [0.15, 0.2) is 17.3 Å². The molecule has 1 rings (SSSR count). The Balaban J connectivity index is 2.93. The van der Waals surface area contributed by atoms with Crippen LogP contribution in [-0.2, 0) is 26.7 Å². The number of carboxylic acids is 2. The van der Waals surface area contributed by atoms with E-state index in [1.54, 1.807) is 4.72 Å². The van der Waals surface area contributed by atoms with Gasteiger partial charge in [-0.1, -0.05) is 0 Å². The molecule has 1 aromatic rings. The molecule has 0 aliphatic carbocycles. The van der Waals surface area contributed by atoms with Crippen molar-refractivity contribution in [3.63, 3.8) is 0 Å². The van der Waals surface area contributed by atoms with E-state index in [0.717, 1.165) is 6.20 Å². The van der Waals surface area contributed by atoms with Crippen molar-refractivity contribution in [2.24, 2.45) is 7.05 Å². The maximum Gasteiger partial charge on any atom is 0.322 e. The van der Waals surface area contributed by atoms with Crippen molar-refractivity contribution >= 4 is 22.0 Å². The van der Waals surface area contributed by atoms with Gasteiger partial charge in [-0.3, -0.25) is 14.3 Å². The van der Waals surface area contributed by atoms with Crippen LogP contribution in [-0.4, -0.2) is 46.4 Å². The normalized spacial score (nSPS) is 13.2. The second kappa shape index (κ2) is 5.14. The average Bonchev–Trinajstić information content (AvgIpc) is 2.63. The highest BCUT2D eigenvalue weighted by Crippen LogP contribution is 2.08. The zero-order valence-electron chi connectivity index (χ0n) is 9.27. The van der Waals surface area contributed by atoms with Gasteiger partial charge in [-0.15, -0.1) is 0 Å². The predicted molar refractivity (Wildman–Crippen MR) is 57.2 cm³/mol. The number of carboxylic acid groups (broad SMARTS) is 2. The minimum atomic E-state index is -4.11. The standard InChI is InChI=1S/C8H11N3O6S/c1-11-4-5(3-9-11)18(16,17)10-6(8(14)15)2-7(12)13/h3-4,6,10H,2H2,1H3,(H,12,13)(H,14,15). The van der Waals surface area contributed by atoms with Gasteiger partial charge in [-0.25, -0.2) is 8.42 Å². The maximum absolute atomic E-state index is 11.7. The molecule has 0 saturated carbocycles. The Morgan fingerprint density at radius 2 is 2.11 bits per heavy atom. The van der Waals surface area contributed by atoms with Gasteiger partial charge in [0.2, 0.25) is 10.0 Å². The van der Waals surface area contributed by atoms with Crippen molar-refractivity contribution in [3.05, 3.63) is 12.4 Å². The molecular formula is C8H11N3O6S. The van der Waals surface area contributed by atoms with E-state index in [9.17, 15) is 18.0 Å². The van der Waals surface area contributed by atoms with Crippen molar-refractivity contribution in [3.8, 4) is 0 Å². The Morgan fingerprint density at radius 1 is 1.50 bits per heavy atom. The Labute approximate surface area is 102 Å². The third-order valence-electron chi connectivity index (χ3n) is 1.97. The number of carbonyl (C=O) groups is 2. The molecule has 0 fully saturated rings. The third-order valence-corrected chi connectivity index (χ3v) is 3.39. The first kappa shape index (κ1) is 14.1. The summed E-state index contributed by atoms with van der Waals surface area (Å²) in [6, 6.07) is -1.73. The fourth-order valence-corrected chi connectivity index (χ4v) is 2.32. The summed E-state index contributed by atoms with van der Waals surface area (Å²) >= 11 is 0. The largest absolute Gasteiger partial charge is 0.481 e. The summed E-state index contributed by atoms with van der Waals surface area (Å²) < 4.78 is 26.5. The van der Waals surface area contributed by atoms with Gasteiger partial charge in [0.1, 0.15) is 10.9 Å². The summed E-state index contributed by atoms with van der Waals surface area (Å²) in [6.07, 6.45) is 1.35. The first-order valence-electron chi connectivity index (χ1n) is 4.68. The monoisotopic (exact) mass is 277 g/mol. The van der Waals surface area contributed by atoms with Crippen LogP contribution < -0.4 is 4.72 Å². The quantitative estimate of drug-likeness (QED) is 0.582. The third kappa shape index (κ3) is 3.53. The van der Waals surface area contributed by atoms with Crippen LogP contribution in [0.2, 0.25) is 0 Å². The molecule has 0 aliphatic rings. The predicted octanol–water partition coefficient (Wildman–Crippen LogP) is -1.37. The molecule has 0 aliphatic heterocycles. The Kier molecular flexibility index (Phi) is 4.03. The number of aryl methyl sites for hydroxylation is 1. The highest BCUT2D eigenvalue weighted by atomic mass is 32.2. The van der Waals surface area contributed by atoms with Crippen LogP contribution in [0.1, 0.15) is 6.42 Å². The molecular weight excluding hydrogens is 266 g/mol. The van der Waals surface area contributed by atoms with Gasteiger partial charge in [-0.2, -0.15) is 9.82 Å². The van der Waals surface area contributed by atoms with Gasteiger partial charge in [0.15, 0.2) is 0 Å². The number of nitrogens with one attached hydrogen (secondary N) is 1. The highest BCUT2D eigenvalue weighted by molar-refractivity contribution is 7.89. The van der Waals surface area contributed by atoms with E-state index < -0.39 is 34.4 Å². The molecule has 0 amide bonds. The van der Waals surface area contributed by atoms with E-state index in [4.69, 9.17) is 10.2 Å². The van der Waals surface area contributed by atoms with E-state index in [0.29, 0.717) is 0 Å². The summed E-state index contributed by atoms with van der Waals surface area (Å²) in [5, 5.41) is 20.8. The second-order valence-corrected chi connectivity index (χ2v) is 5.17. The Bertz CT molecular complexity index is 563. The average molecular weight is 277 g/mol. The lowest BCUT2D eigenvalue weighted by molar-refractivity contribution is -0.145. The van der Waals surface area contributed by atoms with Crippen LogP contribution in [0.25, 0.3) is 0 Å². The number of hydrogen-bond acceptors (Lipinski definition) is 5. The molecule has 0 radical (unpaired) electrons. The lowest BCUT2D eigenvalue weighted by atomic mass is 10.2. The van der Waals surface area contributed by atoms with Crippen LogP contribution in [0, 0.1) is 0 Å². The summed E-state index contributed by atoms with van der Waals surface area (Å²) in [7, 11) is -2.62. The molecule has 1 atom stereocenters. The second-order valence-electron chi connectivity index (χ2n) is 3.46. The number of sulfonamides is 1. The van der Waals surface area contributed by atoms with Crippen LogP contribution in [0.5, 0.6) is 0 Å². The summed E-state index contributed by atoms with van der Waals surface area (Å²) in [4.78, 5) is 20.9. The van der Waals surface area contributed by atoms with E-state index >= 15 is 0 Å². The van der Waals surface area contributed by atoms with Crippen molar-refractivity contribution in [1.29, 1.82) is 0 Å². The van der Waals surface area contributed by atoms with Crippen molar-refractivity contribution in [2.45, 2.75) is 17.4 Å². The van der Waals surface area contributed by atoms with E-state index in [-0.39, 0.29) is 4.90 Å². The zero-order valence-corrected chi connectivity index (χ0v) is 10.1. The van der Waals surface area contributed by atoms with Gasteiger partial charge >= 0.3 is 11.9 Å². The van der Waals surface area contributed by atoms with Gasteiger partial charge in [0.25, 0.3) is 0 Å². The minimum absolute atomic E-state index is 0.235. The highest BCUT2D eigenvalue weighted by Gasteiger charge is 2.28. The van der Waals surface area contributed by atoms with Gasteiger partial charge in [0.05, 0.1) is 12.6 Å². The number of hydrogen-bond donors (Lipinski definition) is 3. The summed E-state index contributed by atoms with van der Waals surface area (Å²) in [6.45, 7) is 0. The Hall–Kier alpha value is -1.94. The maximum atomic E-state index is 11.7. The fraction of sp³-hybridized carbons (Fsp3) is 0.375. The van der Waals surface area contributed by atoms with Crippen LogP contribution in [0.3, 0.4) is 0 Å². The number of aromatic nitrogens is 2. The van der Waals surface area contributed by atoms with Crippen LogP contribution >= 0.6 is 0 Å². The smallest absolute Gasteiger partial charge is 0.322 e.